The van der Waals surface area contributed by atoms with Gasteiger partial charge in [0.05, 0.1) is 21.7 Å². The van der Waals surface area contributed by atoms with Gasteiger partial charge in [-0.3, -0.25) is 19.6 Å². The number of nitro benzene ring substituents is 1. The Bertz CT molecular complexity index is 1080. The quantitative estimate of drug-likeness (QED) is 0.342. The molecule has 0 fully saturated rings. The molecular weight excluding hydrogens is 382 g/mol. The standard InChI is InChI=1S/C18H21N5O4S/c1-4-27-10-9-21-14-6-5-13(23(25)26)11-16(14)28-18(21)20-17(24)15-7-8-19-22(15)12(2)3/h5-8,11-12H,4,9-10H2,1-3H3. The number of ether oxygens (including phenoxy) is 1. The third-order valence-electron chi connectivity index (χ3n) is 4.12. The number of nitrogens with zero attached hydrogens (tertiary/aromatic N) is 5. The van der Waals surface area contributed by atoms with Crippen molar-refractivity contribution in [2.45, 2.75) is 33.4 Å². The molecule has 0 atom stereocenters. The lowest BCUT2D eigenvalue weighted by atomic mass is 10.3. The second kappa shape index (κ2) is 8.44. The van der Waals surface area contributed by atoms with E-state index in [4.69, 9.17) is 4.74 Å². The molecule has 10 heteroatoms. The zero-order chi connectivity index (χ0) is 20.3. The van der Waals surface area contributed by atoms with Crippen LogP contribution in [0.4, 0.5) is 5.69 Å². The van der Waals surface area contributed by atoms with Crippen LogP contribution in [0, 0.1) is 10.1 Å². The third-order valence-corrected chi connectivity index (χ3v) is 5.16. The van der Waals surface area contributed by atoms with Crippen molar-refractivity contribution in [2.75, 3.05) is 13.2 Å². The average molecular weight is 403 g/mol. The van der Waals surface area contributed by atoms with Crippen molar-refractivity contribution in [3.8, 4) is 0 Å². The third kappa shape index (κ3) is 4.02. The summed E-state index contributed by atoms with van der Waals surface area (Å²) in [4.78, 5) is 28.2. The second-order valence-corrected chi connectivity index (χ2v) is 7.32. The number of benzene rings is 1. The minimum absolute atomic E-state index is 0.00136. The van der Waals surface area contributed by atoms with E-state index in [0.29, 0.717) is 35.0 Å². The molecule has 3 rings (SSSR count). The number of carbonyl (C=O) groups is 1. The highest BCUT2D eigenvalue weighted by atomic mass is 32.1. The minimum Gasteiger partial charge on any atom is -0.380 e. The molecule has 9 nitrogen and oxygen atoms in total. The first-order valence-electron chi connectivity index (χ1n) is 8.90. The predicted octanol–water partition coefficient (Wildman–Crippen LogP) is 3.17. The molecule has 2 aromatic heterocycles. The van der Waals surface area contributed by atoms with E-state index in [1.165, 1.54) is 23.5 Å². The van der Waals surface area contributed by atoms with Gasteiger partial charge in [-0.2, -0.15) is 10.1 Å². The number of nitro groups is 1. The molecular formula is C18H21N5O4S. The Hall–Kier alpha value is -2.85. The maximum absolute atomic E-state index is 12.8. The van der Waals surface area contributed by atoms with Gasteiger partial charge in [-0.15, -0.1) is 0 Å². The fourth-order valence-electron chi connectivity index (χ4n) is 2.82. The van der Waals surface area contributed by atoms with Crippen molar-refractivity contribution in [1.29, 1.82) is 0 Å². The first-order chi connectivity index (χ1) is 13.4. The summed E-state index contributed by atoms with van der Waals surface area (Å²) in [5, 5.41) is 15.3. The number of aromatic nitrogens is 3. The maximum atomic E-state index is 12.8. The van der Waals surface area contributed by atoms with Crippen molar-refractivity contribution < 1.29 is 14.5 Å². The molecule has 1 aromatic carbocycles. The zero-order valence-electron chi connectivity index (χ0n) is 15.9. The van der Waals surface area contributed by atoms with Crippen molar-refractivity contribution in [2.24, 2.45) is 4.99 Å². The number of amides is 1. The van der Waals surface area contributed by atoms with Crippen molar-refractivity contribution in [3.63, 3.8) is 0 Å². The molecule has 0 bridgehead atoms. The first-order valence-corrected chi connectivity index (χ1v) is 9.72. The number of non-ortho nitro benzene ring substituents is 1. The van der Waals surface area contributed by atoms with Crippen LogP contribution in [0.1, 0.15) is 37.3 Å². The van der Waals surface area contributed by atoms with Crippen LogP contribution in [0.2, 0.25) is 0 Å². The molecule has 28 heavy (non-hydrogen) atoms. The Kier molecular flexibility index (Phi) is 6.00. The summed E-state index contributed by atoms with van der Waals surface area (Å²) >= 11 is 1.24. The fraction of sp³-hybridized carbons (Fsp3) is 0.389. The van der Waals surface area contributed by atoms with Crippen LogP contribution in [-0.4, -0.2) is 38.4 Å². The molecule has 0 unspecified atom stereocenters. The molecule has 0 aliphatic carbocycles. The Labute approximate surface area is 165 Å². The van der Waals surface area contributed by atoms with Gasteiger partial charge in [-0.1, -0.05) is 11.3 Å². The number of fused-ring (bicyclic) bond motifs is 1. The highest BCUT2D eigenvalue weighted by Gasteiger charge is 2.16. The summed E-state index contributed by atoms with van der Waals surface area (Å²) in [7, 11) is 0. The number of rotatable bonds is 7. The van der Waals surface area contributed by atoms with E-state index in [2.05, 4.69) is 10.1 Å². The van der Waals surface area contributed by atoms with E-state index in [-0.39, 0.29) is 11.7 Å². The van der Waals surface area contributed by atoms with Crippen LogP contribution in [0.3, 0.4) is 0 Å². The Morgan fingerprint density at radius 2 is 2.18 bits per heavy atom. The zero-order valence-corrected chi connectivity index (χ0v) is 16.7. The Morgan fingerprint density at radius 1 is 1.39 bits per heavy atom. The normalized spacial score (nSPS) is 12.2. The molecule has 2 heterocycles. The van der Waals surface area contributed by atoms with E-state index in [9.17, 15) is 14.9 Å². The van der Waals surface area contributed by atoms with Gasteiger partial charge in [-0.25, -0.2) is 0 Å². The SMILES string of the molecule is CCOCCn1c(=NC(=O)c2ccnn2C(C)C)sc2cc([N+](=O)[O-])ccc21. The van der Waals surface area contributed by atoms with Crippen LogP contribution in [0.5, 0.6) is 0 Å². The van der Waals surface area contributed by atoms with Gasteiger partial charge < -0.3 is 9.30 Å². The largest absolute Gasteiger partial charge is 0.380 e. The topological polar surface area (TPSA) is 105 Å². The average Bonchev–Trinajstić information content (AvgIpc) is 3.26. The molecule has 0 spiro atoms. The van der Waals surface area contributed by atoms with Crippen LogP contribution in [0.25, 0.3) is 10.2 Å². The molecule has 3 aromatic rings. The summed E-state index contributed by atoms with van der Waals surface area (Å²) in [5.41, 5.74) is 1.18. The van der Waals surface area contributed by atoms with Gasteiger partial charge in [0.25, 0.3) is 11.6 Å². The lowest BCUT2D eigenvalue weighted by Crippen LogP contribution is -2.21. The highest BCUT2D eigenvalue weighted by molar-refractivity contribution is 7.16. The smallest absolute Gasteiger partial charge is 0.297 e. The van der Waals surface area contributed by atoms with Crippen molar-refractivity contribution in [1.82, 2.24) is 14.3 Å². The van der Waals surface area contributed by atoms with Crippen LogP contribution in [-0.2, 0) is 11.3 Å². The van der Waals surface area contributed by atoms with Crippen molar-refractivity contribution >= 4 is 33.1 Å². The molecule has 0 radical (unpaired) electrons. The Morgan fingerprint density at radius 3 is 2.86 bits per heavy atom. The summed E-state index contributed by atoms with van der Waals surface area (Å²) in [6.07, 6.45) is 1.57. The second-order valence-electron chi connectivity index (χ2n) is 6.31. The van der Waals surface area contributed by atoms with Gasteiger partial charge in [-0.05, 0) is 32.9 Å². The van der Waals surface area contributed by atoms with E-state index < -0.39 is 10.8 Å². The van der Waals surface area contributed by atoms with Crippen molar-refractivity contribution in [3.05, 3.63) is 51.1 Å². The van der Waals surface area contributed by atoms with Crippen LogP contribution >= 0.6 is 11.3 Å². The van der Waals surface area contributed by atoms with E-state index in [0.717, 1.165) is 5.52 Å². The van der Waals surface area contributed by atoms with Gasteiger partial charge in [0.2, 0.25) is 0 Å². The number of carbonyl (C=O) groups excluding carboxylic acids is 1. The molecule has 0 aliphatic heterocycles. The molecule has 0 N–H and O–H groups in total. The van der Waals surface area contributed by atoms with Crippen LogP contribution in [0.15, 0.2) is 35.5 Å². The lowest BCUT2D eigenvalue weighted by molar-refractivity contribution is -0.384. The Balaban J connectivity index is 2.10. The minimum atomic E-state index is -0.438. The summed E-state index contributed by atoms with van der Waals surface area (Å²) in [5.74, 6) is -0.405. The van der Waals surface area contributed by atoms with Gasteiger partial charge >= 0.3 is 0 Å². The molecule has 148 valence electrons. The maximum Gasteiger partial charge on any atom is 0.297 e. The number of hydrogen-bond acceptors (Lipinski definition) is 6. The predicted molar refractivity (Wildman–Crippen MR) is 105 cm³/mol. The van der Waals surface area contributed by atoms with Gasteiger partial charge in [0.15, 0.2) is 4.80 Å². The number of thiazole rings is 1. The van der Waals surface area contributed by atoms with E-state index in [1.807, 2.05) is 25.3 Å². The summed E-state index contributed by atoms with van der Waals surface area (Å²) in [6.45, 7) is 7.29. The van der Waals surface area contributed by atoms with Gasteiger partial charge in [0, 0.05) is 37.5 Å². The number of hydrogen-bond donors (Lipinski definition) is 0. The molecule has 0 saturated heterocycles. The highest BCUT2D eigenvalue weighted by Crippen LogP contribution is 2.23. The summed E-state index contributed by atoms with van der Waals surface area (Å²) < 4.78 is 9.60. The first kappa shape index (κ1) is 19.9. The van der Waals surface area contributed by atoms with E-state index in [1.54, 1.807) is 23.0 Å². The van der Waals surface area contributed by atoms with E-state index >= 15 is 0 Å². The van der Waals surface area contributed by atoms with Gasteiger partial charge in [0.1, 0.15) is 5.69 Å². The monoisotopic (exact) mass is 403 g/mol. The molecule has 1 amide bonds. The molecule has 0 aliphatic rings. The molecule has 0 saturated carbocycles. The lowest BCUT2D eigenvalue weighted by Gasteiger charge is -2.08. The fourth-order valence-corrected chi connectivity index (χ4v) is 3.90. The summed E-state index contributed by atoms with van der Waals surface area (Å²) in [6, 6.07) is 6.29. The van der Waals surface area contributed by atoms with Crippen LogP contribution < -0.4 is 4.80 Å².